The molecular formula is C16H16Cl2FNO. The van der Waals surface area contributed by atoms with Gasteiger partial charge in [0.25, 0.3) is 0 Å². The molecule has 0 fully saturated rings. The molecule has 0 saturated carbocycles. The Hall–Kier alpha value is -1.29. The van der Waals surface area contributed by atoms with Crippen LogP contribution in [0.15, 0.2) is 36.4 Å². The topological polar surface area (TPSA) is 35.2 Å². The number of ether oxygens (including phenoxy) is 1. The Morgan fingerprint density at radius 1 is 1.24 bits per heavy atom. The summed E-state index contributed by atoms with van der Waals surface area (Å²) in [5.74, 6) is 0.259. The summed E-state index contributed by atoms with van der Waals surface area (Å²) in [6.07, 6.45) is 0.590. The number of nitrogens with two attached hydrogens (primary N) is 1. The van der Waals surface area contributed by atoms with Crippen LogP contribution in [0.25, 0.3) is 0 Å². The molecule has 2 aromatic carbocycles. The standard InChI is InChI=1S/C16H16Cl2FNO/c1-10(20)7-13-14(18)3-2-4-16(13)21-9-11-8-12(17)5-6-15(11)19/h2-6,8,10H,7,9,20H2,1H3. The van der Waals surface area contributed by atoms with Crippen LogP contribution in [0, 0.1) is 5.82 Å². The second kappa shape index (κ2) is 7.12. The highest BCUT2D eigenvalue weighted by Gasteiger charge is 2.11. The average Bonchev–Trinajstić information content (AvgIpc) is 2.42. The minimum atomic E-state index is -0.352. The van der Waals surface area contributed by atoms with E-state index in [2.05, 4.69) is 0 Å². The largest absolute Gasteiger partial charge is 0.488 e. The molecule has 112 valence electrons. The maximum atomic E-state index is 13.7. The van der Waals surface area contributed by atoms with E-state index >= 15 is 0 Å². The van der Waals surface area contributed by atoms with E-state index in [0.29, 0.717) is 27.8 Å². The van der Waals surface area contributed by atoms with Crippen LogP contribution in [0.1, 0.15) is 18.1 Å². The first-order valence-corrected chi connectivity index (χ1v) is 7.32. The van der Waals surface area contributed by atoms with Crippen molar-refractivity contribution in [1.29, 1.82) is 0 Å². The van der Waals surface area contributed by atoms with Crippen molar-refractivity contribution in [3.05, 3.63) is 63.4 Å². The molecule has 5 heteroatoms. The molecule has 0 heterocycles. The minimum absolute atomic E-state index is 0.0462. The Kier molecular flexibility index (Phi) is 5.45. The highest BCUT2D eigenvalue weighted by atomic mass is 35.5. The first-order valence-electron chi connectivity index (χ1n) is 6.57. The summed E-state index contributed by atoms with van der Waals surface area (Å²) in [7, 11) is 0. The predicted molar refractivity (Wildman–Crippen MR) is 84.5 cm³/mol. The fourth-order valence-electron chi connectivity index (χ4n) is 2.00. The van der Waals surface area contributed by atoms with Gasteiger partial charge in [-0.05, 0) is 43.7 Å². The third-order valence-electron chi connectivity index (χ3n) is 2.99. The van der Waals surface area contributed by atoms with E-state index < -0.39 is 0 Å². The molecule has 1 unspecified atom stereocenters. The van der Waals surface area contributed by atoms with Crippen LogP contribution in [0.3, 0.4) is 0 Å². The molecule has 2 aromatic rings. The zero-order chi connectivity index (χ0) is 15.4. The maximum absolute atomic E-state index is 13.7. The molecule has 0 aromatic heterocycles. The van der Waals surface area contributed by atoms with Gasteiger partial charge in [0.05, 0.1) is 0 Å². The number of hydrogen-bond donors (Lipinski definition) is 1. The molecule has 21 heavy (non-hydrogen) atoms. The van der Waals surface area contributed by atoms with Crippen LogP contribution in [-0.4, -0.2) is 6.04 Å². The SMILES string of the molecule is CC(N)Cc1c(Cl)cccc1OCc1cc(Cl)ccc1F. The fourth-order valence-corrected chi connectivity index (χ4v) is 2.44. The van der Waals surface area contributed by atoms with Crippen molar-refractivity contribution >= 4 is 23.2 Å². The van der Waals surface area contributed by atoms with Crippen LogP contribution in [0.4, 0.5) is 4.39 Å². The van der Waals surface area contributed by atoms with Crippen LogP contribution in [0.2, 0.25) is 10.0 Å². The molecule has 2 N–H and O–H groups in total. The molecule has 2 rings (SSSR count). The van der Waals surface area contributed by atoms with Gasteiger partial charge in [0.15, 0.2) is 0 Å². The van der Waals surface area contributed by atoms with Crippen LogP contribution in [-0.2, 0) is 13.0 Å². The van der Waals surface area contributed by atoms with Gasteiger partial charge in [-0.2, -0.15) is 0 Å². The van der Waals surface area contributed by atoms with Crippen LogP contribution in [0.5, 0.6) is 5.75 Å². The van der Waals surface area contributed by atoms with E-state index in [1.165, 1.54) is 12.1 Å². The van der Waals surface area contributed by atoms with Crippen molar-refractivity contribution in [2.75, 3.05) is 0 Å². The lowest BCUT2D eigenvalue weighted by Crippen LogP contribution is -2.18. The summed E-state index contributed by atoms with van der Waals surface area (Å²) in [6, 6.07) is 9.69. The van der Waals surface area contributed by atoms with E-state index in [4.69, 9.17) is 33.7 Å². The molecule has 0 amide bonds. The zero-order valence-corrected chi connectivity index (χ0v) is 13.1. The molecular weight excluding hydrogens is 312 g/mol. The van der Waals surface area contributed by atoms with Gasteiger partial charge in [-0.1, -0.05) is 29.3 Å². The van der Waals surface area contributed by atoms with Gasteiger partial charge in [0.1, 0.15) is 18.2 Å². The van der Waals surface area contributed by atoms with E-state index in [-0.39, 0.29) is 18.5 Å². The normalized spacial score (nSPS) is 12.2. The Balaban J connectivity index is 2.20. The fraction of sp³-hybridized carbons (Fsp3) is 0.250. The van der Waals surface area contributed by atoms with E-state index in [1.54, 1.807) is 24.3 Å². The lowest BCUT2D eigenvalue weighted by Gasteiger charge is -2.15. The van der Waals surface area contributed by atoms with Crippen molar-refractivity contribution in [2.45, 2.75) is 26.0 Å². The maximum Gasteiger partial charge on any atom is 0.129 e. The molecule has 0 spiro atoms. The third-order valence-corrected chi connectivity index (χ3v) is 3.58. The Labute approximate surface area is 133 Å². The van der Waals surface area contributed by atoms with Crippen molar-refractivity contribution in [3.63, 3.8) is 0 Å². The summed E-state index contributed by atoms with van der Waals surface area (Å²) in [4.78, 5) is 0. The smallest absolute Gasteiger partial charge is 0.129 e. The molecule has 0 bridgehead atoms. The summed E-state index contributed by atoms with van der Waals surface area (Å²) in [5, 5.41) is 1.06. The first-order chi connectivity index (χ1) is 9.97. The second-order valence-corrected chi connectivity index (χ2v) is 5.77. The van der Waals surface area contributed by atoms with Crippen molar-refractivity contribution in [3.8, 4) is 5.75 Å². The molecule has 0 radical (unpaired) electrons. The van der Waals surface area contributed by atoms with Gasteiger partial charge in [-0.15, -0.1) is 0 Å². The Morgan fingerprint density at radius 2 is 2.00 bits per heavy atom. The number of halogens is 3. The van der Waals surface area contributed by atoms with E-state index in [0.717, 1.165) is 5.56 Å². The number of benzene rings is 2. The van der Waals surface area contributed by atoms with Crippen molar-refractivity contribution in [2.24, 2.45) is 5.73 Å². The van der Waals surface area contributed by atoms with Gasteiger partial charge in [-0.25, -0.2) is 4.39 Å². The zero-order valence-electron chi connectivity index (χ0n) is 11.6. The number of rotatable bonds is 5. The molecule has 0 aliphatic heterocycles. The van der Waals surface area contributed by atoms with Gasteiger partial charge >= 0.3 is 0 Å². The molecule has 2 nitrogen and oxygen atoms in total. The summed E-state index contributed by atoms with van der Waals surface area (Å²) in [6.45, 7) is 1.97. The Morgan fingerprint density at radius 3 is 2.71 bits per heavy atom. The number of hydrogen-bond acceptors (Lipinski definition) is 2. The monoisotopic (exact) mass is 327 g/mol. The summed E-state index contributed by atoms with van der Waals surface area (Å²) in [5.41, 5.74) is 7.05. The lowest BCUT2D eigenvalue weighted by molar-refractivity contribution is 0.296. The first kappa shape index (κ1) is 16.1. The lowest BCUT2D eigenvalue weighted by atomic mass is 10.1. The van der Waals surface area contributed by atoms with Gasteiger partial charge in [0, 0.05) is 27.2 Å². The minimum Gasteiger partial charge on any atom is -0.488 e. The van der Waals surface area contributed by atoms with Gasteiger partial charge in [0.2, 0.25) is 0 Å². The van der Waals surface area contributed by atoms with Crippen molar-refractivity contribution < 1.29 is 9.13 Å². The second-order valence-electron chi connectivity index (χ2n) is 4.92. The highest BCUT2D eigenvalue weighted by molar-refractivity contribution is 6.31. The van der Waals surface area contributed by atoms with Gasteiger partial charge in [-0.3, -0.25) is 0 Å². The molecule has 0 saturated heterocycles. The highest BCUT2D eigenvalue weighted by Crippen LogP contribution is 2.28. The molecule has 0 aliphatic carbocycles. The molecule has 1 atom stereocenters. The average molecular weight is 328 g/mol. The Bertz CT molecular complexity index is 632. The van der Waals surface area contributed by atoms with Crippen molar-refractivity contribution in [1.82, 2.24) is 0 Å². The van der Waals surface area contributed by atoms with Crippen LogP contribution >= 0.6 is 23.2 Å². The molecule has 0 aliphatic rings. The van der Waals surface area contributed by atoms with E-state index in [1.807, 2.05) is 6.92 Å². The quantitative estimate of drug-likeness (QED) is 0.870. The van der Waals surface area contributed by atoms with Gasteiger partial charge < -0.3 is 10.5 Å². The third kappa shape index (κ3) is 4.34. The summed E-state index contributed by atoms with van der Waals surface area (Å²) < 4.78 is 19.4. The van der Waals surface area contributed by atoms with Crippen LogP contribution < -0.4 is 10.5 Å². The predicted octanol–water partition coefficient (Wildman–Crippen LogP) is 4.60. The summed E-state index contributed by atoms with van der Waals surface area (Å²) >= 11 is 12.0. The van der Waals surface area contributed by atoms with E-state index in [9.17, 15) is 4.39 Å².